The number of nitrogens with one attached hydrogen (secondary N) is 2. The van der Waals surface area contributed by atoms with Gasteiger partial charge in [-0.05, 0) is 61.3 Å². The zero-order valence-corrected chi connectivity index (χ0v) is 19.3. The van der Waals surface area contributed by atoms with Crippen LogP contribution in [-0.4, -0.2) is 36.8 Å². The first-order valence-corrected chi connectivity index (χ1v) is 11.7. The minimum Gasteiger partial charge on any atom is -0.493 e. The molecule has 0 saturated heterocycles. The lowest BCUT2D eigenvalue weighted by Gasteiger charge is -2.59. The van der Waals surface area contributed by atoms with E-state index in [1.807, 2.05) is 18.2 Å². The van der Waals surface area contributed by atoms with Crippen LogP contribution in [0.3, 0.4) is 0 Å². The number of methoxy groups -OCH3 is 2. The molecule has 2 atom stereocenters. The van der Waals surface area contributed by atoms with Gasteiger partial charge in [0.2, 0.25) is 5.95 Å². The second-order valence-electron chi connectivity index (χ2n) is 9.97. The summed E-state index contributed by atoms with van der Waals surface area (Å²) in [4.78, 5) is 8.97. The maximum Gasteiger partial charge on any atom is 0.224 e. The van der Waals surface area contributed by atoms with Crippen LogP contribution < -0.4 is 25.8 Å². The second kappa shape index (κ2) is 8.71. The molecule has 4 N–H and O–H groups in total. The first-order chi connectivity index (χ1) is 16.0. The fourth-order valence-corrected chi connectivity index (χ4v) is 6.67. The van der Waals surface area contributed by atoms with Crippen molar-refractivity contribution < 1.29 is 9.47 Å². The minimum absolute atomic E-state index is 0.269. The molecule has 8 nitrogen and oxygen atoms in total. The van der Waals surface area contributed by atoms with E-state index in [2.05, 4.69) is 26.7 Å². The molecular weight excluding hydrogens is 416 g/mol. The SMILES string of the molecule is COc1cccc(CNc2ncc(C#N)c(NCC34CC5CC(C3)C(N)C(C5)C4)n2)c1OC. The molecule has 4 aliphatic carbocycles. The molecule has 0 amide bonds. The summed E-state index contributed by atoms with van der Waals surface area (Å²) in [5.41, 5.74) is 8.17. The maximum atomic E-state index is 9.60. The molecule has 174 valence electrons. The summed E-state index contributed by atoms with van der Waals surface area (Å²) in [5, 5.41) is 16.4. The van der Waals surface area contributed by atoms with E-state index in [1.165, 1.54) is 32.1 Å². The van der Waals surface area contributed by atoms with Gasteiger partial charge in [0, 0.05) is 24.7 Å². The predicted molar refractivity (Wildman–Crippen MR) is 126 cm³/mol. The zero-order valence-electron chi connectivity index (χ0n) is 19.3. The summed E-state index contributed by atoms with van der Waals surface area (Å²) in [5.74, 6) is 4.51. The molecule has 4 aliphatic rings. The smallest absolute Gasteiger partial charge is 0.224 e. The average molecular weight is 449 g/mol. The lowest BCUT2D eigenvalue weighted by Crippen LogP contribution is -2.58. The van der Waals surface area contributed by atoms with Crippen LogP contribution in [0.15, 0.2) is 24.4 Å². The van der Waals surface area contributed by atoms with Gasteiger partial charge in [0.15, 0.2) is 11.5 Å². The van der Waals surface area contributed by atoms with E-state index in [9.17, 15) is 5.26 Å². The highest BCUT2D eigenvalue weighted by atomic mass is 16.5. The van der Waals surface area contributed by atoms with E-state index >= 15 is 0 Å². The fraction of sp³-hybridized carbons (Fsp3) is 0.560. The van der Waals surface area contributed by atoms with Crippen molar-refractivity contribution in [2.75, 3.05) is 31.4 Å². The van der Waals surface area contributed by atoms with Gasteiger partial charge in [0.25, 0.3) is 0 Å². The lowest BCUT2D eigenvalue weighted by molar-refractivity contribution is -0.0591. The number of hydrogen-bond donors (Lipinski definition) is 3. The Kier molecular flexibility index (Phi) is 5.75. The van der Waals surface area contributed by atoms with Crippen molar-refractivity contribution in [3.05, 3.63) is 35.5 Å². The van der Waals surface area contributed by atoms with Crippen LogP contribution in [0, 0.1) is 34.5 Å². The summed E-state index contributed by atoms with van der Waals surface area (Å²) in [6, 6.07) is 8.34. The minimum atomic E-state index is 0.269. The summed E-state index contributed by atoms with van der Waals surface area (Å²) in [7, 11) is 3.24. The van der Waals surface area contributed by atoms with Gasteiger partial charge in [-0.1, -0.05) is 12.1 Å². The molecule has 4 fully saturated rings. The fourth-order valence-electron chi connectivity index (χ4n) is 6.67. The van der Waals surface area contributed by atoms with E-state index in [-0.39, 0.29) is 5.41 Å². The monoisotopic (exact) mass is 448 g/mol. The Morgan fingerprint density at radius 3 is 2.64 bits per heavy atom. The number of ether oxygens (including phenoxy) is 2. The van der Waals surface area contributed by atoms with Crippen molar-refractivity contribution in [1.29, 1.82) is 5.26 Å². The molecular formula is C25H32N6O2. The van der Waals surface area contributed by atoms with Crippen molar-refractivity contribution >= 4 is 11.8 Å². The molecule has 8 heteroatoms. The Morgan fingerprint density at radius 1 is 1.15 bits per heavy atom. The Morgan fingerprint density at radius 2 is 1.94 bits per heavy atom. The summed E-state index contributed by atoms with van der Waals surface area (Å²) >= 11 is 0. The molecule has 33 heavy (non-hydrogen) atoms. The number of para-hydroxylation sites is 1. The molecule has 0 spiro atoms. The highest BCUT2D eigenvalue weighted by molar-refractivity contribution is 5.54. The predicted octanol–water partition coefficient (Wildman–Crippen LogP) is 3.54. The summed E-state index contributed by atoms with van der Waals surface area (Å²) < 4.78 is 10.9. The molecule has 1 heterocycles. The number of hydrogen-bond acceptors (Lipinski definition) is 8. The topological polar surface area (TPSA) is 118 Å². The Labute approximate surface area is 194 Å². The van der Waals surface area contributed by atoms with Gasteiger partial charge >= 0.3 is 0 Å². The molecule has 2 unspecified atom stereocenters. The zero-order chi connectivity index (χ0) is 23.0. The summed E-state index contributed by atoms with van der Waals surface area (Å²) in [6.07, 6.45) is 7.78. The number of benzene rings is 1. The third-order valence-corrected chi connectivity index (χ3v) is 7.93. The van der Waals surface area contributed by atoms with E-state index in [0.29, 0.717) is 53.3 Å². The quantitative estimate of drug-likeness (QED) is 0.561. The lowest BCUT2D eigenvalue weighted by atomic mass is 9.48. The third kappa shape index (κ3) is 4.06. The molecule has 4 bridgehead atoms. The van der Waals surface area contributed by atoms with E-state index in [4.69, 9.17) is 15.2 Å². The Hall–Kier alpha value is -3.05. The third-order valence-electron chi connectivity index (χ3n) is 7.93. The average Bonchev–Trinajstić information content (AvgIpc) is 2.83. The number of nitrogens with two attached hydrogens (primary N) is 1. The van der Waals surface area contributed by atoms with E-state index in [1.54, 1.807) is 20.4 Å². The van der Waals surface area contributed by atoms with Gasteiger partial charge in [-0.2, -0.15) is 10.2 Å². The standard InChI is InChI=1S/C25H32N6O2/c1-32-20-5-3-4-16(22(20)33-2)12-28-24-29-13-19(11-26)23(31-24)30-14-25-8-15-6-17(9-25)21(27)18(7-15)10-25/h3-5,13,15,17-18,21H,6-10,12,14,27H2,1-2H3,(H2,28,29,30,31). The molecule has 1 aromatic heterocycles. The number of nitriles is 1. The largest absolute Gasteiger partial charge is 0.493 e. The number of rotatable bonds is 8. The molecule has 1 aromatic carbocycles. The first-order valence-electron chi connectivity index (χ1n) is 11.7. The number of anilines is 2. The molecule has 0 aliphatic heterocycles. The van der Waals surface area contributed by atoms with Gasteiger partial charge in [0.05, 0.1) is 20.4 Å². The molecule has 0 radical (unpaired) electrons. The second-order valence-corrected chi connectivity index (χ2v) is 9.97. The van der Waals surface area contributed by atoms with Crippen LogP contribution in [-0.2, 0) is 6.54 Å². The van der Waals surface area contributed by atoms with Gasteiger partial charge in [0.1, 0.15) is 17.5 Å². The van der Waals surface area contributed by atoms with Crippen LogP contribution in [0.25, 0.3) is 0 Å². The van der Waals surface area contributed by atoms with Crippen molar-refractivity contribution in [2.24, 2.45) is 28.9 Å². The van der Waals surface area contributed by atoms with Crippen LogP contribution in [0.2, 0.25) is 0 Å². The van der Waals surface area contributed by atoms with Gasteiger partial charge in [-0.15, -0.1) is 0 Å². The van der Waals surface area contributed by atoms with Crippen molar-refractivity contribution in [2.45, 2.75) is 44.7 Å². The molecule has 2 aromatic rings. The summed E-state index contributed by atoms with van der Waals surface area (Å²) in [6.45, 7) is 1.30. The van der Waals surface area contributed by atoms with Crippen LogP contribution >= 0.6 is 0 Å². The van der Waals surface area contributed by atoms with E-state index in [0.717, 1.165) is 18.0 Å². The number of nitrogens with zero attached hydrogens (tertiary/aromatic N) is 3. The van der Waals surface area contributed by atoms with Gasteiger partial charge in [-0.25, -0.2) is 4.98 Å². The van der Waals surface area contributed by atoms with Gasteiger partial charge in [-0.3, -0.25) is 0 Å². The highest BCUT2D eigenvalue weighted by Crippen LogP contribution is 2.59. The van der Waals surface area contributed by atoms with Crippen molar-refractivity contribution in [3.8, 4) is 17.6 Å². The van der Waals surface area contributed by atoms with Crippen molar-refractivity contribution in [1.82, 2.24) is 9.97 Å². The van der Waals surface area contributed by atoms with Crippen LogP contribution in [0.4, 0.5) is 11.8 Å². The first kappa shape index (κ1) is 21.8. The Bertz CT molecular complexity index is 1050. The van der Waals surface area contributed by atoms with E-state index < -0.39 is 0 Å². The van der Waals surface area contributed by atoms with Crippen LogP contribution in [0.5, 0.6) is 11.5 Å². The molecule has 4 saturated carbocycles. The van der Waals surface area contributed by atoms with Crippen molar-refractivity contribution in [3.63, 3.8) is 0 Å². The molecule has 6 rings (SSSR count). The van der Waals surface area contributed by atoms with Crippen LogP contribution in [0.1, 0.15) is 43.2 Å². The normalized spacial score (nSPS) is 29.4. The van der Waals surface area contributed by atoms with Gasteiger partial charge < -0.3 is 25.8 Å². The highest BCUT2D eigenvalue weighted by Gasteiger charge is 2.54. The maximum absolute atomic E-state index is 9.60. The Balaban J connectivity index is 1.29. The number of aromatic nitrogens is 2.